The summed E-state index contributed by atoms with van der Waals surface area (Å²) in [6.45, 7) is -0.604. The van der Waals surface area contributed by atoms with Crippen LogP contribution in [0.5, 0.6) is 11.5 Å². The highest BCUT2D eigenvalue weighted by Crippen LogP contribution is 2.60. The third-order valence-electron chi connectivity index (χ3n) is 3.89. The molecule has 3 aromatic rings. The van der Waals surface area contributed by atoms with Gasteiger partial charge in [0.1, 0.15) is 11.5 Å². The summed E-state index contributed by atoms with van der Waals surface area (Å²) in [6.07, 6.45) is 0. The van der Waals surface area contributed by atoms with Crippen molar-refractivity contribution in [2.75, 3.05) is 6.54 Å². The van der Waals surface area contributed by atoms with E-state index in [4.69, 9.17) is 9.05 Å². The molecule has 0 heterocycles. The maximum atomic E-state index is 13.9. The highest BCUT2D eigenvalue weighted by atomic mass is 79.9. The molecule has 0 aliphatic heterocycles. The summed E-state index contributed by atoms with van der Waals surface area (Å²) < 4.78 is 26.2. The van der Waals surface area contributed by atoms with Crippen LogP contribution in [0.2, 0.25) is 0 Å². The van der Waals surface area contributed by atoms with Gasteiger partial charge < -0.3 is 9.05 Å². The fourth-order valence-electron chi connectivity index (χ4n) is 2.65. The molecule has 144 valence electrons. The zero-order valence-electron chi connectivity index (χ0n) is 14.7. The molecule has 0 fully saturated rings. The Bertz CT molecular complexity index is 939. The summed E-state index contributed by atoms with van der Waals surface area (Å²) in [5, 5.41) is 11.4. The van der Waals surface area contributed by atoms with Gasteiger partial charge in [-0.05, 0) is 42.0 Å². The van der Waals surface area contributed by atoms with Gasteiger partial charge in [-0.2, -0.15) is 0 Å². The van der Waals surface area contributed by atoms with E-state index in [0.29, 0.717) is 21.5 Å². The van der Waals surface area contributed by atoms with Crippen LogP contribution in [0, 0.1) is 10.1 Å². The molecule has 3 rings (SSSR count). The molecule has 0 N–H and O–H groups in total. The monoisotopic (exact) mass is 461 g/mol. The topological polar surface area (TPSA) is 78.7 Å². The van der Waals surface area contributed by atoms with Gasteiger partial charge in [0.05, 0.1) is 0 Å². The van der Waals surface area contributed by atoms with Crippen LogP contribution < -0.4 is 9.05 Å². The lowest BCUT2D eigenvalue weighted by Gasteiger charge is -2.25. The molecule has 1 atom stereocenters. The predicted molar refractivity (Wildman–Crippen MR) is 110 cm³/mol. The lowest BCUT2D eigenvalue weighted by molar-refractivity contribution is -0.480. The number of para-hydroxylation sites is 2. The van der Waals surface area contributed by atoms with Crippen molar-refractivity contribution in [2.45, 2.75) is 5.66 Å². The Kier molecular flexibility index (Phi) is 6.49. The molecule has 0 saturated heterocycles. The second kappa shape index (κ2) is 9.04. The van der Waals surface area contributed by atoms with Gasteiger partial charge >= 0.3 is 7.60 Å². The van der Waals surface area contributed by atoms with Crippen molar-refractivity contribution in [3.05, 3.63) is 105 Å². The number of nitro groups is 1. The first-order valence-corrected chi connectivity index (χ1v) is 10.8. The number of rotatable bonds is 8. The van der Waals surface area contributed by atoms with E-state index in [2.05, 4.69) is 15.9 Å². The van der Waals surface area contributed by atoms with Crippen molar-refractivity contribution < 1.29 is 18.5 Å². The molecular weight excluding hydrogens is 445 g/mol. The van der Waals surface area contributed by atoms with E-state index >= 15 is 0 Å². The molecule has 0 aromatic heterocycles. The van der Waals surface area contributed by atoms with Gasteiger partial charge in [-0.15, -0.1) is 0 Å². The van der Waals surface area contributed by atoms with E-state index in [-0.39, 0.29) is 0 Å². The molecule has 0 saturated carbocycles. The summed E-state index contributed by atoms with van der Waals surface area (Å²) >= 11 is 3.36. The minimum absolute atomic E-state index is 0.310. The van der Waals surface area contributed by atoms with Gasteiger partial charge in [-0.25, -0.2) is 4.57 Å². The molecule has 0 radical (unpaired) electrons. The largest absolute Gasteiger partial charge is 0.444 e. The van der Waals surface area contributed by atoms with E-state index in [9.17, 15) is 14.7 Å². The molecule has 0 unspecified atom stereocenters. The highest BCUT2D eigenvalue weighted by Gasteiger charge is 2.44. The van der Waals surface area contributed by atoms with Gasteiger partial charge in [0.25, 0.3) is 0 Å². The van der Waals surface area contributed by atoms with Crippen LogP contribution in [-0.4, -0.2) is 11.5 Å². The summed E-state index contributed by atoms with van der Waals surface area (Å²) in [4.78, 5) is 10.9. The SMILES string of the molecule is O=[N+]([O-])C[C@@H](c1cccc(Br)c1)P(=O)(Oc1ccccc1)Oc1ccccc1. The maximum absolute atomic E-state index is 13.9. The first-order valence-electron chi connectivity index (χ1n) is 8.42. The fourth-order valence-corrected chi connectivity index (χ4v) is 5.04. The molecule has 0 aliphatic carbocycles. The van der Waals surface area contributed by atoms with Crippen molar-refractivity contribution in [3.63, 3.8) is 0 Å². The molecule has 0 aliphatic rings. The molecule has 6 nitrogen and oxygen atoms in total. The van der Waals surface area contributed by atoms with Crippen molar-refractivity contribution in [1.29, 1.82) is 0 Å². The van der Waals surface area contributed by atoms with Crippen molar-refractivity contribution in [3.8, 4) is 11.5 Å². The maximum Gasteiger partial charge on any atom is 0.444 e. The normalized spacial score (nSPS) is 12.2. The van der Waals surface area contributed by atoms with Crippen LogP contribution in [0.25, 0.3) is 0 Å². The van der Waals surface area contributed by atoms with Crippen molar-refractivity contribution in [1.82, 2.24) is 0 Å². The van der Waals surface area contributed by atoms with Crippen molar-refractivity contribution in [2.24, 2.45) is 0 Å². The Morgan fingerprint density at radius 3 is 1.89 bits per heavy atom. The number of benzene rings is 3. The van der Waals surface area contributed by atoms with Crippen LogP contribution in [0.15, 0.2) is 89.4 Å². The van der Waals surface area contributed by atoms with Crippen LogP contribution >= 0.6 is 23.5 Å². The Morgan fingerprint density at radius 1 is 0.893 bits per heavy atom. The summed E-state index contributed by atoms with van der Waals surface area (Å²) in [6, 6.07) is 23.9. The lowest BCUT2D eigenvalue weighted by Crippen LogP contribution is -2.18. The molecule has 0 amide bonds. The lowest BCUT2D eigenvalue weighted by atomic mass is 10.1. The summed E-state index contributed by atoms with van der Waals surface area (Å²) in [7, 11) is -4.03. The van der Waals surface area contributed by atoms with Gasteiger partial charge in [0.15, 0.2) is 5.66 Å². The molecule has 28 heavy (non-hydrogen) atoms. The highest BCUT2D eigenvalue weighted by molar-refractivity contribution is 9.10. The van der Waals surface area contributed by atoms with Crippen LogP contribution in [-0.2, 0) is 4.57 Å². The van der Waals surface area contributed by atoms with E-state index in [0.717, 1.165) is 0 Å². The first-order chi connectivity index (χ1) is 13.5. The van der Waals surface area contributed by atoms with Gasteiger partial charge in [-0.1, -0.05) is 64.5 Å². The number of hydrogen-bond donors (Lipinski definition) is 0. The Morgan fingerprint density at radius 2 is 1.43 bits per heavy atom. The predicted octanol–water partition coefficient (Wildman–Crippen LogP) is 6.12. The van der Waals surface area contributed by atoms with E-state index in [1.54, 1.807) is 84.9 Å². The molecule has 0 spiro atoms. The average Bonchev–Trinajstić information content (AvgIpc) is 2.67. The average molecular weight is 462 g/mol. The number of hydrogen-bond acceptors (Lipinski definition) is 5. The first kappa shape index (κ1) is 20.1. The second-order valence-electron chi connectivity index (χ2n) is 5.93. The Labute approximate surface area is 170 Å². The molecular formula is C20H17BrNO5P. The summed E-state index contributed by atoms with van der Waals surface area (Å²) in [5.74, 6) is 0.621. The van der Waals surface area contributed by atoms with E-state index in [1.165, 1.54) is 0 Å². The molecule has 3 aromatic carbocycles. The molecule has 0 bridgehead atoms. The zero-order chi connectivity index (χ0) is 20.0. The third-order valence-corrected chi connectivity index (χ3v) is 6.54. The van der Waals surface area contributed by atoms with Crippen LogP contribution in [0.1, 0.15) is 11.2 Å². The van der Waals surface area contributed by atoms with Crippen molar-refractivity contribution >= 4 is 23.5 Å². The smallest absolute Gasteiger partial charge is 0.415 e. The van der Waals surface area contributed by atoms with Crippen LogP contribution in [0.3, 0.4) is 0 Å². The van der Waals surface area contributed by atoms with E-state index in [1.807, 2.05) is 0 Å². The van der Waals surface area contributed by atoms with Gasteiger partial charge in [0, 0.05) is 9.40 Å². The quantitative estimate of drug-likeness (QED) is 0.229. The Hall–Kier alpha value is -2.63. The second-order valence-corrected chi connectivity index (χ2v) is 8.92. The number of nitrogens with zero attached hydrogens (tertiary/aromatic N) is 1. The molecule has 8 heteroatoms. The standard InChI is InChI=1S/C20H17BrNO5P/c21-17-9-7-8-16(14-17)20(15-22(23)24)28(25,26-18-10-3-1-4-11-18)27-19-12-5-2-6-13-19/h1-14,20H,15H2/t20-/m0/s1. The van der Waals surface area contributed by atoms with E-state index < -0.39 is 24.7 Å². The minimum atomic E-state index is -4.03. The third kappa shape index (κ3) is 5.21. The van der Waals surface area contributed by atoms with Crippen LogP contribution in [0.4, 0.5) is 0 Å². The van der Waals surface area contributed by atoms with Gasteiger partial charge in [-0.3, -0.25) is 10.1 Å². The zero-order valence-corrected chi connectivity index (χ0v) is 17.2. The summed E-state index contributed by atoms with van der Waals surface area (Å²) in [5.41, 5.74) is -0.610. The number of halogens is 1. The fraction of sp³-hybridized carbons (Fsp3) is 0.100. The Balaban J connectivity index is 2.07. The van der Waals surface area contributed by atoms with Gasteiger partial charge in [0.2, 0.25) is 6.54 Å². The minimum Gasteiger partial charge on any atom is -0.415 e.